The van der Waals surface area contributed by atoms with Crippen molar-refractivity contribution in [3.63, 3.8) is 0 Å². The Bertz CT molecular complexity index is 485. The van der Waals surface area contributed by atoms with E-state index < -0.39 is 17.4 Å². The second kappa shape index (κ2) is 4.48. The fourth-order valence-corrected chi connectivity index (χ4v) is 2.14. The van der Waals surface area contributed by atoms with Crippen LogP contribution in [-0.2, 0) is 11.2 Å². The minimum absolute atomic E-state index is 0.222. The van der Waals surface area contributed by atoms with Crippen LogP contribution in [0, 0.1) is 6.92 Å². The number of hydrogen-bond acceptors (Lipinski definition) is 3. The van der Waals surface area contributed by atoms with Crippen molar-refractivity contribution in [2.45, 2.75) is 45.1 Å². The number of aliphatic carboxylic acids is 1. The molecule has 0 radical (unpaired) electrons. The van der Waals surface area contributed by atoms with E-state index >= 15 is 0 Å². The third-order valence-corrected chi connectivity index (χ3v) is 3.49. The van der Waals surface area contributed by atoms with Gasteiger partial charge in [-0.2, -0.15) is 0 Å². The molecule has 0 bridgehead atoms. The first kappa shape index (κ1) is 12.7. The van der Waals surface area contributed by atoms with Gasteiger partial charge in [0.15, 0.2) is 5.76 Å². The van der Waals surface area contributed by atoms with Gasteiger partial charge in [0, 0.05) is 12.0 Å². The van der Waals surface area contributed by atoms with Crippen LogP contribution in [0.1, 0.15) is 48.1 Å². The zero-order chi connectivity index (χ0) is 13.3. The summed E-state index contributed by atoms with van der Waals surface area (Å²) in [5.41, 5.74) is -0.355. The number of amides is 1. The maximum absolute atomic E-state index is 12.0. The summed E-state index contributed by atoms with van der Waals surface area (Å²) in [6.45, 7) is 3.72. The van der Waals surface area contributed by atoms with Crippen molar-refractivity contribution in [2.75, 3.05) is 0 Å². The Morgan fingerprint density at radius 2 is 2.17 bits per heavy atom. The van der Waals surface area contributed by atoms with E-state index in [1.807, 2.05) is 13.0 Å². The number of carboxylic acid groups (broad SMARTS) is 1. The van der Waals surface area contributed by atoms with Crippen LogP contribution in [0.15, 0.2) is 10.5 Å². The van der Waals surface area contributed by atoms with Crippen molar-refractivity contribution >= 4 is 11.9 Å². The number of hydrogen-bond donors (Lipinski definition) is 2. The third-order valence-electron chi connectivity index (χ3n) is 3.49. The standard InChI is InChI=1S/C13H17NO4/c1-3-9-7-8(2)10(18-9)11(15)14-13(12(16)17)5-4-6-13/h7H,3-6H2,1-2H3,(H,14,15)(H,16,17). The molecule has 0 spiro atoms. The first-order valence-corrected chi connectivity index (χ1v) is 6.14. The zero-order valence-electron chi connectivity index (χ0n) is 10.6. The summed E-state index contributed by atoms with van der Waals surface area (Å²) in [7, 11) is 0. The average molecular weight is 251 g/mol. The van der Waals surface area contributed by atoms with Crippen LogP contribution in [0.2, 0.25) is 0 Å². The summed E-state index contributed by atoms with van der Waals surface area (Å²) in [5, 5.41) is 11.7. The molecule has 2 N–H and O–H groups in total. The molecule has 5 nitrogen and oxygen atoms in total. The van der Waals surface area contributed by atoms with Crippen LogP contribution < -0.4 is 5.32 Å². The predicted octanol–water partition coefficient (Wildman–Crippen LogP) is 1.89. The second-order valence-corrected chi connectivity index (χ2v) is 4.77. The molecule has 2 rings (SSSR count). The Hall–Kier alpha value is -1.78. The smallest absolute Gasteiger partial charge is 0.329 e. The molecular formula is C13H17NO4. The lowest BCUT2D eigenvalue weighted by atomic mass is 9.76. The number of carbonyl (C=O) groups is 2. The highest BCUT2D eigenvalue weighted by atomic mass is 16.4. The van der Waals surface area contributed by atoms with Crippen LogP contribution >= 0.6 is 0 Å². The monoisotopic (exact) mass is 251 g/mol. The molecule has 98 valence electrons. The van der Waals surface area contributed by atoms with E-state index in [1.165, 1.54) is 0 Å². The molecule has 0 aliphatic heterocycles. The highest BCUT2D eigenvalue weighted by Gasteiger charge is 2.46. The topological polar surface area (TPSA) is 79.5 Å². The van der Waals surface area contributed by atoms with Crippen LogP contribution in [0.5, 0.6) is 0 Å². The number of aryl methyl sites for hydroxylation is 2. The van der Waals surface area contributed by atoms with Gasteiger partial charge >= 0.3 is 5.97 Å². The lowest BCUT2D eigenvalue weighted by molar-refractivity contribution is -0.148. The number of carboxylic acids is 1. The molecule has 0 aromatic carbocycles. The molecule has 1 heterocycles. The molecule has 1 amide bonds. The van der Waals surface area contributed by atoms with Crippen molar-refractivity contribution in [1.82, 2.24) is 5.32 Å². The van der Waals surface area contributed by atoms with E-state index in [9.17, 15) is 9.59 Å². The third kappa shape index (κ3) is 2.00. The molecule has 1 aromatic rings. The molecule has 0 atom stereocenters. The van der Waals surface area contributed by atoms with Crippen molar-refractivity contribution in [3.8, 4) is 0 Å². The van der Waals surface area contributed by atoms with Crippen molar-refractivity contribution in [1.29, 1.82) is 0 Å². The van der Waals surface area contributed by atoms with Gasteiger partial charge in [-0.3, -0.25) is 4.79 Å². The fourth-order valence-electron chi connectivity index (χ4n) is 2.14. The Kier molecular flexibility index (Phi) is 3.15. The summed E-state index contributed by atoms with van der Waals surface area (Å²) in [6, 6.07) is 1.81. The van der Waals surface area contributed by atoms with E-state index in [1.54, 1.807) is 6.92 Å². The van der Waals surface area contributed by atoms with E-state index in [-0.39, 0.29) is 5.76 Å². The first-order chi connectivity index (χ1) is 8.48. The molecule has 1 fully saturated rings. The average Bonchev–Trinajstić information content (AvgIpc) is 2.64. The van der Waals surface area contributed by atoms with E-state index in [0.717, 1.165) is 17.7 Å². The minimum atomic E-state index is -1.09. The predicted molar refractivity (Wildman–Crippen MR) is 64.5 cm³/mol. The number of rotatable bonds is 4. The zero-order valence-corrected chi connectivity index (χ0v) is 10.6. The Morgan fingerprint density at radius 3 is 2.56 bits per heavy atom. The van der Waals surface area contributed by atoms with E-state index in [4.69, 9.17) is 9.52 Å². The quantitative estimate of drug-likeness (QED) is 0.856. The van der Waals surface area contributed by atoms with E-state index in [0.29, 0.717) is 19.3 Å². The molecule has 0 unspecified atom stereocenters. The van der Waals surface area contributed by atoms with Gasteiger partial charge in [-0.25, -0.2) is 4.79 Å². The molecule has 0 saturated heterocycles. The van der Waals surface area contributed by atoms with Gasteiger partial charge in [-0.05, 0) is 32.3 Å². The van der Waals surface area contributed by atoms with Crippen LogP contribution in [0.3, 0.4) is 0 Å². The van der Waals surface area contributed by atoms with Crippen molar-refractivity contribution in [3.05, 3.63) is 23.2 Å². The Balaban J connectivity index is 2.16. The van der Waals surface area contributed by atoms with Gasteiger partial charge in [0.2, 0.25) is 0 Å². The highest BCUT2D eigenvalue weighted by Crippen LogP contribution is 2.32. The maximum Gasteiger partial charge on any atom is 0.329 e. The largest absolute Gasteiger partial charge is 0.480 e. The lowest BCUT2D eigenvalue weighted by Crippen LogP contribution is -2.59. The van der Waals surface area contributed by atoms with Gasteiger partial charge in [-0.1, -0.05) is 6.92 Å². The molecule has 1 aromatic heterocycles. The SMILES string of the molecule is CCc1cc(C)c(C(=O)NC2(C(=O)O)CCC2)o1. The number of carbonyl (C=O) groups excluding carboxylic acids is 1. The summed E-state index contributed by atoms with van der Waals surface area (Å²) in [6.07, 6.45) is 2.49. The molecule has 1 aliphatic rings. The van der Waals surface area contributed by atoms with Crippen LogP contribution in [0.4, 0.5) is 0 Å². The summed E-state index contributed by atoms with van der Waals surface area (Å²) < 4.78 is 5.41. The lowest BCUT2D eigenvalue weighted by Gasteiger charge is -2.37. The Labute approximate surface area is 105 Å². The Morgan fingerprint density at radius 1 is 1.50 bits per heavy atom. The van der Waals surface area contributed by atoms with Gasteiger partial charge in [0.25, 0.3) is 5.91 Å². The highest BCUT2D eigenvalue weighted by molar-refractivity contribution is 5.97. The molecule has 5 heteroatoms. The number of nitrogens with one attached hydrogen (secondary N) is 1. The minimum Gasteiger partial charge on any atom is -0.480 e. The maximum atomic E-state index is 12.0. The fraction of sp³-hybridized carbons (Fsp3) is 0.538. The van der Waals surface area contributed by atoms with Crippen molar-refractivity contribution < 1.29 is 19.1 Å². The van der Waals surface area contributed by atoms with Gasteiger partial charge in [0.05, 0.1) is 0 Å². The normalized spacial score (nSPS) is 17.0. The van der Waals surface area contributed by atoms with Gasteiger partial charge < -0.3 is 14.8 Å². The van der Waals surface area contributed by atoms with E-state index in [2.05, 4.69) is 5.32 Å². The molecule has 18 heavy (non-hydrogen) atoms. The molecular weight excluding hydrogens is 234 g/mol. The summed E-state index contributed by atoms with van der Waals surface area (Å²) in [5.74, 6) is -0.452. The van der Waals surface area contributed by atoms with Gasteiger partial charge in [-0.15, -0.1) is 0 Å². The number of furan rings is 1. The van der Waals surface area contributed by atoms with Crippen LogP contribution in [-0.4, -0.2) is 22.5 Å². The molecule has 1 aliphatic carbocycles. The first-order valence-electron chi connectivity index (χ1n) is 6.14. The molecule has 1 saturated carbocycles. The van der Waals surface area contributed by atoms with Gasteiger partial charge in [0.1, 0.15) is 11.3 Å². The van der Waals surface area contributed by atoms with Crippen LogP contribution in [0.25, 0.3) is 0 Å². The van der Waals surface area contributed by atoms with Crippen molar-refractivity contribution in [2.24, 2.45) is 0 Å². The summed E-state index contributed by atoms with van der Waals surface area (Å²) in [4.78, 5) is 23.2. The summed E-state index contributed by atoms with van der Waals surface area (Å²) >= 11 is 0. The second-order valence-electron chi connectivity index (χ2n) is 4.77.